The van der Waals surface area contributed by atoms with Gasteiger partial charge in [0.05, 0.1) is 18.6 Å². The molecule has 5 heteroatoms. The molecule has 2 N–H and O–H groups in total. The highest BCUT2D eigenvalue weighted by molar-refractivity contribution is 5.85. The van der Waals surface area contributed by atoms with E-state index in [1.54, 1.807) is 6.92 Å². The first kappa shape index (κ1) is 12.7. The second kappa shape index (κ2) is 5.42. The van der Waals surface area contributed by atoms with Crippen molar-refractivity contribution >= 4 is 18.4 Å². The molecule has 1 saturated heterocycles. The van der Waals surface area contributed by atoms with Crippen molar-refractivity contribution in [3.8, 4) is 0 Å². The number of halogens is 1. The van der Waals surface area contributed by atoms with Gasteiger partial charge >= 0.3 is 5.97 Å². The van der Waals surface area contributed by atoms with Crippen LogP contribution in [-0.4, -0.2) is 36.4 Å². The van der Waals surface area contributed by atoms with Gasteiger partial charge in [0.15, 0.2) is 0 Å². The molecule has 0 amide bonds. The van der Waals surface area contributed by atoms with Gasteiger partial charge in [-0.25, -0.2) is 0 Å². The first-order chi connectivity index (χ1) is 5.63. The number of morpholine rings is 1. The number of hydrogen-bond acceptors (Lipinski definition) is 3. The fourth-order valence-corrected chi connectivity index (χ4v) is 1.48. The zero-order chi connectivity index (χ0) is 9.14. The third-order valence-corrected chi connectivity index (χ3v) is 2.30. The highest BCUT2D eigenvalue weighted by Crippen LogP contribution is 2.13. The number of carboxylic acid groups (broad SMARTS) is 1. The van der Waals surface area contributed by atoms with E-state index in [1.807, 2.05) is 6.92 Å². The average molecular weight is 210 g/mol. The molecule has 0 aliphatic carbocycles. The van der Waals surface area contributed by atoms with Gasteiger partial charge in [0.25, 0.3) is 0 Å². The summed E-state index contributed by atoms with van der Waals surface area (Å²) in [6.07, 6.45) is -0.00940. The third-order valence-electron chi connectivity index (χ3n) is 2.30. The van der Waals surface area contributed by atoms with Crippen molar-refractivity contribution in [3.05, 3.63) is 0 Å². The van der Waals surface area contributed by atoms with Crippen molar-refractivity contribution in [2.24, 2.45) is 5.92 Å². The fraction of sp³-hybridized carbons (Fsp3) is 0.875. The Morgan fingerprint density at radius 1 is 1.69 bits per heavy atom. The van der Waals surface area contributed by atoms with Crippen LogP contribution in [0.5, 0.6) is 0 Å². The van der Waals surface area contributed by atoms with Crippen molar-refractivity contribution < 1.29 is 14.6 Å². The Kier molecular flexibility index (Phi) is 5.29. The molecular formula is C8H16ClNO3. The van der Waals surface area contributed by atoms with E-state index >= 15 is 0 Å². The number of aliphatic carboxylic acids is 1. The zero-order valence-corrected chi connectivity index (χ0v) is 8.63. The summed E-state index contributed by atoms with van der Waals surface area (Å²) in [5.74, 6) is -1.16. The average Bonchev–Trinajstić information content (AvgIpc) is 2.04. The molecule has 0 aromatic carbocycles. The van der Waals surface area contributed by atoms with Crippen LogP contribution in [0.25, 0.3) is 0 Å². The summed E-state index contributed by atoms with van der Waals surface area (Å²) in [5, 5.41) is 11.9. The molecule has 1 aliphatic heterocycles. The van der Waals surface area contributed by atoms with Gasteiger partial charge in [0, 0.05) is 12.6 Å². The third kappa shape index (κ3) is 3.14. The Labute approximate surface area is 84.1 Å². The van der Waals surface area contributed by atoms with E-state index in [9.17, 15) is 4.79 Å². The molecule has 4 nitrogen and oxygen atoms in total. The van der Waals surface area contributed by atoms with Gasteiger partial charge in [-0.05, 0) is 6.92 Å². The van der Waals surface area contributed by atoms with E-state index in [1.165, 1.54) is 0 Å². The van der Waals surface area contributed by atoms with E-state index in [0.29, 0.717) is 6.61 Å². The van der Waals surface area contributed by atoms with Crippen LogP contribution in [0.2, 0.25) is 0 Å². The standard InChI is InChI=1S/C8H15NO3.ClH/c1-5(8(10)11)7-6(2)12-4-3-9-7;/h5-7,9H,3-4H2,1-2H3,(H,10,11);1H. The number of nitrogens with one attached hydrogen (secondary N) is 1. The highest BCUT2D eigenvalue weighted by Gasteiger charge is 2.30. The van der Waals surface area contributed by atoms with Crippen LogP contribution >= 0.6 is 12.4 Å². The van der Waals surface area contributed by atoms with Crippen LogP contribution in [0.1, 0.15) is 13.8 Å². The number of carbonyl (C=O) groups is 1. The molecule has 0 radical (unpaired) electrons. The minimum absolute atomic E-state index is 0. The molecular weight excluding hydrogens is 194 g/mol. The van der Waals surface area contributed by atoms with Crippen LogP contribution in [0.3, 0.4) is 0 Å². The number of ether oxygens (including phenoxy) is 1. The molecule has 3 unspecified atom stereocenters. The Bertz CT molecular complexity index is 177. The van der Waals surface area contributed by atoms with Gasteiger partial charge in [0.1, 0.15) is 0 Å². The SMILES string of the molecule is CC1OCCNC1C(C)C(=O)O.Cl. The molecule has 1 aliphatic rings. The van der Waals surface area contributed by atoms with E-state index < -0.39 is 5.97 Å². The van der Waals surface area contributed by atoms with Crippen LogP contribution < -0.4 is 5.32 Å². The molecule has 0 saturated carbocycles. The largest absolute Gasteiger partial charge is 0.481 e. The Morgan fingerprint density at radius 3 is 2.77 bits per heavy atom. The Balaban J connectivity index is 0.00000144. The summed E-state index contributed by atoms with van der Waals surface area (Å²) >= 11 is 0. The maximum absolute atomic E-state index is 10.6. The molecule has 1 fully saturated rings. The van der Waals surface area contributed by atoms with Gasteiger partial charge in [-0.1, -0.05) is 6.92 Å². The zero-order valence-electron chi connectivity index (χ0n) is 7.82. The topological polar surface area (TPSA) is 58.6 Å². The lowest BCUT2D eigenvalue weighted by Crippen LogP contribution is -2.52. The van der Waals surface area contributed by atoms with Crippen molar-refractivity contribution in [3.63, 3.8) is 0 Å². The number of hydrogen-bond donors (Lipinski definition) is 2. The fourth-order valence-electron chi connectivity index (χ4n) is 1.48. The number of carboxylic acids is 1. The minimum Gasteiger partial charge on any atom is -0.481 e. The maximum atomic E-state index is 10.6. The first-order valence-electron chi connectivity index (χ1n) is 4.20. The summed E-state index contributed by atoms with van der Waals surface area (Å²) in [6, 6.07) is -0.0590. The number of rotatable bonds is 2. The molecule has 78 valence electrons. The lowest BCUT2D eigenvalue weighted by Gasteiger charge is -2.32. The lowest BCUT2D eigenvalue weighted by atomic mass is 9.97. The van der Waals surface area contributed by atoms with Gasteiger partial charge in [-0.15, -0.1) is 12.4 Å². The molecule has 0 bridgehead atoms. The van der Waals surface area contributed by atoms with E-state index in [-0.39, 0.29) is 30.5 Å². The van der Waals surface area contributed by atoms with Gasteiger partial charge in [0.2, 0.25) is 0 Å². The molecule has 3 atom stereocenters. The molecule has 0 aromatic heterocycles. The lowest BCUT2D eigenvalue weighted by molar-refractivity contribution is -0.144. The van der Waals surface area contributed by atoms with Crippen LogP contribution in [0.4, 0.5) is 0 Å². The molecule has 0 aromatic rings. The van der Waals surface area contributed by atoms with Crippen LogP contribution in [0.15, 0.2) is 0 Å². The van der Waals surface area contributed by atoms with Gasteiger partial charge in [-0.2, -0.15) is 0 Å². The summed E-state index contributed by atoms with van der Waals surface area (Å²) in [6.45, 7) is 5.01. The molecule has 1 rings (SSSR count). The second-order valence-electron chi connectivity index (χ2n) is 3.18. The van der Waals surface area contributed by atoms with Crippen molar-refractivity contribution in [2.45, 2.75) is 26.0 Å². The molecule has 13 heavy (non-hydrogen) atoms. The quantitative estimate of drug-likeness (QED) is 0.696. The summed E-state index contributed by atoms with van der Waals surface area (Å²) < 4.78 is 5.34. The summed E-state index contributed by atoms with van der Waals surface area (Å²) in [4.78, 5) is 10.6. The van der Waals surface area contributed by atoms with Crippen molar-refractivity contribution in [1.82, 2.24) is 5.32 Å². The smallest absolute Gasteiger partial charge is 0.307 e. The maximum Gasteiger partial charge on any atom is 0.307 e. The van der Waals surface area contributed by atoms with E-state index in [2.05, 4.69) is 5.32 Å². The summed E-state index contributed by atoms with van der Waals surface area (Å²) in [5.41, 5.74) is 0. The predicted molar refractivity (Wildman–Crippen MR) is 51.3 cm³/mol. The van der Waals surface area contributed by atoms with E-state index in [4.69, 9.17) is 9.84 Å². The van der Waals surface area contributed by atoms with Crippen LogP contribution in [-0.2, 0) is 9.53 Å². The normalized spacial score (nSPS) is 30.3. The monoisotopic (exact) mass is 209 g/mol. The Hall–Kier alpha value is -0.320. The predicted octanol–water partition coefficient (Wildman–Crippen LogP) is 0.506. The first-order valence-corrected chi connectivity index (χ1v) is 4.20. The van der Waals surface area contributed by atoms with Gasteiger partial charge in [-0.3, -0.25) is 4.79 Å². The van der Waals surface area contributed by atoms with E-state index in [0.717, 1.165) is 6.54 Å². The van der Waals surface area contributed by atoms with Crippen LogP contribution in [0, 0.1) is 5.92 Å². The second-order valence-corrected chi connectivity index (χ2v) is 3.18. The summed E-state index contributed by atoms with van der Waals surface area (Å²) in [7, 11) is 0. The Morgan fingerprint density at radius 2 is 2.31 bits per heavy atom. The molecule has 0 spiro atoms. The highest BCUT2D eigenvalue weighted by atomic mass is 35.5. The van der Waals surface area contributed by atoms with Gasteiger partial charge < -0.3 is 15.2 Å². The molecule has 1 heterocycles. The van der Waals surface area contributed by atoms with Crippen molar-refractivity contribution in [2.75, 3.05) is 13.2 Å². The minimum atomic E-state index is -0.773. The van der Waals surface area contributed by atoms with Crippen molar-refractivity contribution in [1.29, 1.82) is 0 Å².